The van der Waals surface area contributed by atoms with Gasteiger partial charge in [-0.1, -0.05) is 60.7 Å². The third-order valence-electron chi connectivity index (χ3n) is 6.56. The van der Waals surface area contributed by atoms with E-state index in [0.717, 1.165) is 49.4 Å². The molecular weight excluding hydrogens is 463 g/mol. The second kappa shape index (κ2) is 10.8. The van der Waals surface area contributed by atoms with Crippen molar-refractivity contribution in [2.24, 2.45) is 0 Å². The minimum atomic E-state index is -4.79. The van der Waals surface area contributed by atoms with E-state index < -0.39 is 6.36 Å². The van der Waals surface area contributed by atoms with Gasteiger partial charge in [-0.3, -0.25) is 4.90 Å². The fraction of sp³-hybridized carbons (Fsp3) is 0.379. The van der Waals surface area contributed by atoms with E-state index in [1.807, 2.05) is 60.7 Å². The van der Waals surface area contributed by atoms with Gasteiger partial charge in [0, 0.05) is 37.4 Å². The zero-order chi connectivity index (χ0) is 25.8. The van der Waals surface area contributed by atoms with Crippen LogP contribution in [0.4, 0.5) is 24.5 Å². The monoisotopic (exact) mass is 497 g/mol. The lowest BCUT2D eigenvalue weighted by Crippen LogP contribution is -2.43. The molecule has 1 heterocycles. The standard InChI is InChI=1S/C29H34F3N3O/c1-28(2,3)35-18-10-17-34(19-20-35)24-15-16-26(36-29(30,31)32)25(21-24)33-27(22-11-6-4-7-12-22)23-13-8-5-9-14-23/h4-9,11-16,21,27,33H,10,17-20H2,1-3H3. The molecule has 3 aromatic carbocycles. The molecule has 4 nitrogen and oxygen atoms in total. The Bertz CT molecular complexity index is 1070. The predicted molar refractivity (Wildman–Crippen MR) is 140 cm³/mol. The molecule has 3 aromatic rings. The fourth-order valence-corrected chi connectivity index (χ4v) is 4.69. The zero-order valence-electron chi connectivity index (χ0n) is 21.1. The third-order valence-corrected chi connectivity index (χ3v) is 6.56. The lowest BCUT2D eigenvalue weighted by atomic mass is 9.98. The summed E-state index contributed by atoms with van der Waals surface area (Å²) >= 11 is 0. The summed E-state index contributed by atoms with van der Waals surface area (Å²) in [5, 5.41) is 3.37. The van der Waals surface area contributed by atoms with E-state index >= 15 is 0 Å². The van der Waals surface area contributed by atoms with Crippen molar-refractivity contribution < 1.29 is 17.9 Å². The van der Waals surface area contributed by atoms with E-state index in [-0.39, 0.29) is 17.3 Å². The van der Waals surface area contributed by atoms with E-state index in [1.165, 1.54) is 6.07 Å². The average Bonchev–Trinajstić information content (AvgIpc) is 3.10. The maximum atomic E-state index is 13.3. The summed E-state index contributed by atoms with van der Waals surface area (Å²) < 4.78 is 44.4. The van der Waals surface area contributed by atoms with Crippen molar-refractivity contribution >= 4 is 11.4 Å². The summed E-state index contributed by atoms with van der Waals surface area (Å²) in [6.45, 7) is 10.2. The molecule has 36 heavy (non-hydrogen) atoms. The van der Waals surface area contributed by atoms with Crippen LogP contribution in [0, 0.1) is 0 Å². The van der Waals surface area contributed by atoms with Gasteiger partial charge in [0.1, 0.15) is 0 Å². The van der Waals surface area contributed by atoms with Crippen LogP contribution in [0.5, 0.6) is 5.75 Å². The number of nitrogens with one attached hydrogen (secondary N) is 1. The molecule has 1 aliphatic rings. The number of anilines is 2. The Kier molecular flexibility index (Phi) is 7.79. The molecule has 0 radical (unpaired) electrons. The van der Waals surface area contributed by atoms with Gasteiger partial charge in [0.2, 0.25) is 0 Å². The van der Waals surface area contributed by atoms with Crippen LogP contribution in [-0.2, 0) is 0 Å². The first kappa shape index (κ1) is 25.9. The third kappa shape index (κ3) is 6.72. The molecule has 0 unspecified atom stereocenters. The lowest BCUT2D eigenvalue weighted by Gasteiger charge is -2.34. The SMILES string of the molecule is CC(C)(C)N1CCCN(c2ccc(OC(F)(F)F)c(NC(c3ccccc3)c3ccccc3)c2)CC1. The number of halogens is 3. The number of ether oxygens (including phenoxy) is 1. The number of nitrogens with zero attached hydrogens (tertiary/aromatic N) is 2. The Hall–Kier alpha value is -3.19. The summed E-state index contributed by atoms with van der Waals surface area (Å²) in [5.41, 5.74) is 3.15. The molecule has 0 atom stereocenters. The van der Waals surface area contributed by atoms with Crippen LogP contribution in [0.15, 0.2) is 78.9 Å². The zero-order valence-corrected chi connectivity index (χ0v) is 21.1. The van der Waals surface area contributed by atoms with E-state index in [2.05, 4.69) is 40.6 Å². The normalized spacial score (nSPS) is 15.6. The van der Waals surface area contributed by atoms with Gasteiger partial charge in [0.25, 0.3) is 0 Å². The quantitative estimate of drug-likeness (QED) is 0.393. The smallest absolute Gasteiger partial charge is 0.404 e. The van der Waals surface area contributed by atoms with Crippen LogP contribution < -0.4 is 15.0 Å². The van der Waals surface area contributed by atoms with Gasteiger partial charge in [-0.15, -0.1) is 13.2 Å². The van der Waals surface area contributed by atoms with Crippen LogP contribution in [0.3, 0.4) is 0 Å². The first-order chi connectivity index (χ1) is 17.1. The lowest BCUT2D eigenvalue weighted by molar-refractivity contribution is -0.274. The minimum Gasteiger partial charge on any atom is -0.404 e. The molecule has 1 fully saturated rings. The Morgan fingerprint density at radius 3 is 1.94 bits per heavy atom. The van der Waals surface area contributed by atoms with E-state index in [4.69, 9.17) is 0 Å². The number of alkyl halides is 3. The molecule has 192 valence electrons. The molecule has 0 aromatic heterocycles. The van der Waals surface area contributed by atoms with Crippen LogP contribution in [0.2, 0.25) is 0 Å². The first-order valence-electron chi connectivity index (χ1n) is 12.4. The molecule has 1 N–H and O–H groups in total. The highest BCUT2D eigenvalue weighted by atomic mass is 19.4. The van der Waals surface area contributed by atoms with Gasteiger partial charge >= 0.3 is 6.36 Å². The molecule has 0 aliphatic carbocycles. The fourth-order valence-electron chi connectivity index (χ4n) is 4.69. The van der Waals surface area contributed by atoms with Gasteiger partial charge in [-0.25, -0.2) is 0 Å². The first-order valence-corrected chi connectivity index (χ1v) is 12.4. The van der Waals surface area contributed by atoms with E-state index in [1.54, 1.807) is 12.1 Å². The summed E-state index contributed by atoms with van der Waals surface area (Å²) in [4.78, 5) is 4.70. The van der Waals surface area contributed by atoms with Gasteiger partial charge in [0.05, 0.1) is 11.7 Å². The van der Waals surface area contributed by atoms with Crippen LogP contribution in [0.25, 0.3) is 0 Å². The highest BCUT2D eigenvalue weighted by molar-refractivity contribution is 5.67. The maximum absolute atomic E-state index is 13.3. The maximum Gasteiger partial charge on any atom is 0.573 e. The molecule has 7 heteroatoms. The van der Waals surface area contributed by atoms with Crippen LogP contribution in [-0.4, -0.2) is 43.0 Å². The molecule has 1 aliphatic heterocycles. The van der Waals surface area contributed by atoms with Crippen LogP contribution in [0.1, 0.15) is 44.4 Å². The molecule has 1 saturated heterocycles. The topological polar surface area (TPSA) is 27.7 Å². The van der Waals surface area contributed by atoms with Gasteiger partial charge in [-0.05, 0) is 56.5 Å². The van der Waals surface area contributed by atoms with E-state index in [9.17, 15) is 13.2 Å². The van der Waals surface area contributed by atoms with Gasteiger partial charge in [0.15, 0.2) is 5.75 Å². The summed E-state index contributed by atoms with van der Waals surface area (Å²) in [6.07, 6.45) is -3.81. The van der Waals surface area contributed by atoms with Gasteiger partial charge in [-0.2, -0.15) is 0 Å². The molecule has 4 rings (SSSR count). The summed E-state index contributed by atoms with van der Waals surface area (Å²) in [5.74, 6) is -0.241. The molecule has 0 spiro atoms. The largest absolute Gasteiger partial charge is 0.573 e. The highest BCUT2D eigenvalue weighted by Crippen LogP contribution is 2.38. The minimum absolute atomic E-state index is 0.0751. The summed E-state index contributed by atoms with van der Waals surface area (Å²) in [7, 11) is 0. The molecule has 0 amide bonds. The highest BCUT2D eigenvalue weighted by Gasteiger charge is 2.33. The summed E-state index contributed by atoms with van der Waals surface area (Å²) in [6, 6.07) is 24.0. The second-order valence-electron chi connectivity index (χ2n) is 10.1. The van der Waals surface area contributed by atoms with Crippen LogP contribution >= 0.6 is 0 Å². The second-order valence-corrected chi connectivity index (χ2v) is 10.1. The van der Waals surface area contributed by atoms with Crippen molar-refractivity contribution in [1.29, 1.82) is 0 Å². The Balaban J connectivity index is 1.68. The molecule has 0 saturated carbocycles. The van der Waals surface area contributed by atoms with Crippen molar-refractivity contribution in [3.8, 4) is 5.75 Å². The number of benzene rings is 3. The Morgan fingerprint density at radius 2 is 1.39 bits per heavy atom. The average molecular weight is 498 g/mol. The predicted octanol–water partition coefficient (Wildman–Crippen LogP) is 7.10. The Morgan fingerprint density at radius 1 is 0.778 bits per heavy atom. The van der Waals surface area contributed by atoms with Crippen molar-refractivity contribution in [3.05, 3.63) is 90.0 Å². The number of hydrogen-bond acceptors (Lipinski definition) is 4. The van der Waals surface area contributed by atoms with Crippen molar-refractivity contribution in [3.63, 3.8) is 0 Å². The van der Waals surface area contributed by atoms with Crippen molar-refractivity contribution in [1.82, 2.24) is 4.90 Å². The Labute approximate surface area is 211 Å². The van der Waals surface area contributed by atoms with E-state index in [0.29, 0.717) is 5.69 Å². The van der Waals surface area contributed by atoms with Crippen molar-refractivity contribution in [2.45, 2.75) is 45.1 Å². The van der Waals surface area contributed by atoms with Gasteiger partial charge < -0.3 is 15.0 Å². The molecule has 0 bridgehead atoms. The van der Waals surface area contributed by atoms with Crippen molar-refractivity contribution in [2.75, 3.05) is 36.4 Å². The number of hydrogen-bond donors (Lipinski definition) is 1. The molecular formula is C29H34F3N3O. The number of rotatable bonds is 6.